The van der Waals surface area contributed by atoms with Gasteiger partial charge in [-0.3, -0.25) is 4.99 Å². The van der Waals surface area contributed by atoms with Crippen LogP contribution in [0.25, 0.3) is 10.8 Å². The maximum Gasteiger partial charge on any atom is 0.213 e. The lowest BCUT2D eigenvalue weighted by molar-refractivity contribution is 0.379. The summed E-state index contributed by atoms with van der Waals surface area (Å²) in [5.41, 5.74) is 1.29. The van der Waals surface area contributed by atoms with E-state index in [1.54, 1.807) is 13.2 Å². The van der Waals surface area contributed by atoms with Gasteiger partial charge in [0, 0.05) is 19.0 Å². The molecular weight excluding hydrogens is 336 g/mol. The van der Waals surface area contributed by atoms with Crippen LogP contribution in [-0.2, 0) is 18.4 Å². The Bertz CT molecular complexity index is 916. The highest BCUT2D eigenvalue weighted by molar-refractivity contribution is 5.85. The summed E-state index contributed by atoms with van der Waals surface area (Å²) in [5, 5.41) is 9.19. The summed E-state index contributed by atoms with van der Waals surface area (Å²) in [6, 6.07) is 14.9. The SMILES string of the molecule is CN=C(NCCc1cccc2ccccc12)NCc1ncc(C(C)(C)C)o1. The molecule has 5 heteroatoms. The van der Waals surface area contributed by atoms with Crippen LogP contribution in [0.2, 0.25) is 0 Å². The largest absolute Gasteiger partial charge is 0.443 e. The zero-order valence-electron chi connectivity index (χ0n) is 16.5. The molecule has 3 aromatic rings. The molecular formula is C22H28N4O. The van der Waals surface area contributed by atoms with Crippen molar-refractivity contribution in [3.8, 4) is 0 Å². The molecule has 142 valence electrons. The number of aromatic nitrogens is 1. The van der Waals surface area contributed by atoms with Gasteiger partial charge >= 0.3 is 0 Å². The highest BCUT2D eigenvalue weighted by Gasteiger charge is 2.19. The molecule has 0 aliphatic heterocycles. The average Bonchev–Trinajstić information content (AvgIpc) is 3.14. The molecule has 0 saturated heterocycles. The Labute approximate surface area is 160 Å². The van der Waals surface area contributed by atoms with Crippen LogP contribution in [0.3, 0.4) is 0 Å². The first kappa shape index (κ1) is 19.0. The Morgan fingerprint density at radius 3 is 2.59 bits per heavy atom. The first-order valence-electron chi connectivity index (χ1n) is 9.34. The van der Waals surface area contributed by atoms with Gasteiger partial charge in [0.05, 0.1) is 12.7 Å². The minimum atomic E-state index is -0.0381. The van der Waals surface area contributed by atoms with Crippen LogP contribution in [0.5, 0.6) is 0 Å². The fourth-order valence-electron chi connectivity index (χ4n) is 2.94. The van der Waals surface area contributed by atoms with Crippen molar-refractivity contribution < 1.29 is 4.42 Å². The van der Waals surface area contributed by atoms with Gasteiger partial charge in [0.2, 0.25) is 5.89 Å². The maximum absolute atomic E-state index is 5.81. The van der Waals surface area contributed by atoms with Gasteiger partial charge in [-0.15, -0.1) is 0 Å². The highest BCUT2D eigenvalue weighted by Crippen LogP contribution is 2.22. The zero-order valence-corrected chi connectivity index (χ0v) is 16.5. The fraction of sp³-hybridized carbons (Fsp3) is 0.364. The number of rotatable bonds is 5. The molecule has 0 spiro atoms. The Balaban J connectivity index is 1.53. The van der Waals surface area contributed by atoms with E-state index in [0.717, 1.165) is 24.7 Å². The summed E-state index contributed by atoms with van der Waals surface area (Å²) in [6.45, 7) is 7.63. The van der Waals surface area contributed by atoms with Gasteiger partial charge in [-0.1, -0.05) is 63.2 Å². The van der Waals surface area contributed by atoms with Crippen molar-refractivity contribution in [2.75, 3.05) is 13.6 Å². The summed E-state index contributed by atoms with van der Waals surface area (Å²) in [4.78, 5) is 8.62. The number of guanidine groups is 1. The average molecular weight is 364 g/mol. The van der Waals surface area contributed by atoms with Crippen LogP contribution in [0.15, 0.2) is 58.1 Å². The van der Waals surface area contributed by atoms with E-state index < -0.39 is 0 Å². The maximum atomic E-state index is 5.81. The van der Waals surface area contributed by atoms with Gasteiger partial charge in [-0.05, 0) is 22.8 Å². The Kier molecular flexibility index (Phi) is 5.79. The van der Waals surface area contributed by atoms with E-state index in [1.165, 1.54) is 16.3 Å². The lowest BCUT2D eigenvalue weighted by Gasteiger charge is -2.13. The predicted octanol–water partition coefficient (Wildman–Crippen LogP) is 4.03. The van der Waals surface area contributed by atoms with Gasteiger partial charge < -0.3 is 15.1 Å². The summed E-state index contributed by atoms with van der Waals surface area (Å²) >= 11 is 0. The molecule has 0 unspecified atom stereocenters. The molecule has 0 radical (unpaired) electrons. The van der Waals surface area contributed by atoms with Crippen molar-refractivity contribution in [2.45, 2.75) is 39.2 Å². The van der Waals surface area contributed by atoms with Crippen molar-refractivity contribution in [1.82, 2.24) is 15.6 Å². The van der Waals surface area contributed by atoms with Gasteiger partial charge in [-0.25, -0.2) is 4.98 Å². The van der Waals surface area contributed by atoms with Gasteiger partial charge in [0.25, 0.3) is 0 Å². The smallest absolute Gasteiger partial charge is 0.213 e. The summed E-state index contributed by atoms with van der Waals surface area (Å²) < 4.78 is 5.81. The molecule has 0 aliphatic rings. The summed E-state index contributed by atoms with van der Waals surface area (Å²) in [6.07, 6.45) is 2.73. The van der Waals surface area contributed by atoms with Crippen LogP contribution in [0, 0.1) is 0 Å². The van der Waals surface area contributed by atoms with E-state index in [-0.39, 0.29) is 5.41 Å². The topological polar surface area (TPSA) is 62.5 Å². The first-order valence-corrected chi connectivity index (χ1v) is 9.34. The Morgan fingerprint density at radius 1 is 1.07 bits per heavy atom. The number of aliphatic imine (C=N–C) groups is 1. The third kappa shape index (κ3) is 4.88. The van der Waals surface area contributed by atoms with Crippen LogP contribution in [-0.4, -0.2) is 24.5 Å². The molecule has 0 saturated carbocycles. The molecule has 0 aliphatic carbocycles. The van der Waals surface area contributed by atoms with E-state index in [0.29, 0.717) is 12.4 Å². The van der Waals surface area contributed by atoms with Crippen molar-refractivity contribution in [2.24, 2.45) is 4.99 Å². The fourth-order valence-corrected chi connectivity index (χ4v) is 2.94. The van der Waals surface area contributed by atoms with E-state index >= 15 is 0 Å². The molecule has 1 aromatic heterocycles. The van der Waals surface area contributed by atoms with E-state index in [2.05, 4.69) is 83.8 Å². The molecule has 0 fully saturated rings. The van der Waals surface area contributed by atoms with Crippen molar-refractivity contribution in [3.63, 3.8) is 0 Å². The van der Waals surface area contributed by atoms with Crippen molar-refractivity contribution in [3.05, 3.63) is 65.9 Å². The van der Waals surface area contributed by atoms with Crippen LogP contribution in [0.1, 0.15) is 38.0 Å². The molecule has 5 nitrogen and oxygen atoms in total. The van der Waals surface area contributed by atoms with Crippen molar-refractivity contribution in [1.29, 1.82) is 0 Å². The second-order valence-electron chi connectivity index (χ2n) is 7.61. The first-order chi connectivity index (χ1) is 13.0. The van der Waals surface area contributed by atoms with Gasteiger partial charge in [-0.2, -0.15) is 0 Å². The molecule has 0 amide bonds. The monoisotopic (exact) mass is 364 g/mol. The van der Waals surface area contributed by atoms with E-state index in [4.69, 9.17) is 4.42 Å². The summed E-state index contributed by atoms with van der Waals surface area (Å²) in [7, 11) is 1.77. The minimum absolute atomic E-state index is 0.0381. The molecule has 2 aromatic carbocycles. The molecule has 3 rings (SSSR count). The second-order valence-corrected chi connectivity index (χ2v) is 7.61. The number of fused-ring (bicyclic) bond motifs is 1. The number of hydrogen-bond acceptors (Lipinski definition) is 3. The number of nitrogens with one attached hydrogen (secondary N) is 2. The zero-order chi connectivity index (χ0) is 19.3. The number of nitrogens with zero attached hydrogens (tertiary/aromatic N) is 2. The number of oxazole rings is 1. The molecule has 1 heterocycles. The van der Waals surface area contributed by atoms with Gasteiger partial charge in [0.15, 0.2) is 5.96 Å². The highest BCUT2D eigenvalue weighted by atomic mass is 16.4. The Morgan fingerprint density at radius 2 is 1.85 bits per heavy atom. The van der Waals surface area contributed by atoms with Crippen LogP contribution < -0.4 is 10.6 Å². The molecule has 27 heavy (non-hydrogen) atoms. The van der Waals surface area contributed by atoms with E-state index in [1.807, 2.05) is 0 Å². The van der Waals surface area contributed by atoms with Crippen molar-refractivity contribution >= 4 is 16.7 Å². The van der Waals surface area contributed by atoms with Gasteiger partial charge in [0.1, 0.15) is 5.76 Å². The third-order valence-corrected chi connectivity index (χ3v) is 4.49. The second kappa shape index (κ2) is 8.25. The molecule has 0 bridgehead atoms. The molecule has 2 N–H and O–H groups in total. The normalized spacial score (nSPS) is 12.4. The lowest BCUT2D eigenvalue weighted by Crippen LogP contribution is -2.37. The minimum Gasteiger partial charge on any atom is -0.443 e. The Hall–Kier alpha value is -2.82. The predicted molar refractivity (Wildman–Crippen MR) is 111 cm³/mol. The molecule has 0 atom stereocenters. The van der Waals surface area contributed by atoms with E-state index in [9.17, 15) is 0 Å². The summed E-state index contributed by atoms with van der Waals surface area (Å²) in [5.74, 6) is 2.29. The number of hydrogen-bond donors (Lipinski definition) is 2. The van der Waals surface area contributed by atoms with Crippen LogP contribution >= 0.6 is 0 Å². The quantitative estimate of drug-likeness (QED) is 0.530. The number of benzene rings is 2. The standard InChI is InChI=1S/C22H28N4O/c1-22(2,3)19-14-25-20(27-19)15-26-21(23-4)24-13-12-17-10-7-9-16-8-5-6-11-18(16)17/h5-11,14H,12-13,15H2,1-4H3,(H2,23,24,26). The third-order valence-electron chi connectivity index (χ3n) is 4.49. The lowest BCUT2D eigenvalue weighted by atomic mass is 9.94. The van der Waals surface area contributed by atoms with Crippen LogP contribution in [0.4, 0.5) is 0 Å².